The number of rotatable bonds is 7. The molecule has 1 rings (SSSR count). The Morgan fingerprint density at radius 3 is 2.06 bits per heavy atom. The number of hydrogen-bond donors (Lipinski definition) is 0. The van der Waals surface area contributed by atoms with Crippen LogP contribution in [-0.4, -0.2) is 22.8 Å². The highest BCUT2D eigenvalue weighted by Crippen LogP contribution is 2.33. The monoisotopic (exact) mass is 258 g/mol. The van der Waals surface area contributed by atoms with Gasteiger partial charge in [0.05, 0.1) is 0 Å². The fraction of sp³-hybridized carbons (Fsp3) is 1.00. The fourth-order valence-corrected chi connectivity index (χ4v) is 6.30. The molecule has 0 aromatic heterocycles. The maximum absolute atomic E-state index is 5.85. The van der Waals surface area contributed by atoms with Crippen LogP contribution >= 0.6 is 0 Å². The molecule has 0 aromatic carbocycles. The summed E-state index contributed by atoms with van der Waals surface area (Å²) < 4.78 is 11.7. The predicted molar refractivity (Wildman–Crippen MR) is 75.5 cm³/mol. The van der Waals surface area contributed by atoms with E-state index in [9.17, 15) is 0 Å². The van der Waals surface area contributed by atoms with E-state index < -0.39 is 8.56 Å². The van der Waals surface area contributed by atoms with Crippen LogP contribution in [0.3, 0.4) is 0 Å². The van der Waals surface area contributed by atoms with Gasteiger partial charge < -0.3 is 8.85 Å². The first kappa shape index (κ1) is 15.2. The molecule has 0 saturated heterocycles. The van der Waals surface area contributed by atoms with Crippen LogP contribution in [0.15, 0.2) is 0 Å². The summed E-state index contributed by atoms with van der Waals surface area (Å²) in [6.45, 7) is 2.25. The third-order valence-corrected chi connectivity index (χ3v) is 8.03. The third kappa shape index (κ3) is 5.10. The van der Waals surface area contributed by atoms with E-state index in [0.29, 0.717) is 0 Å². The Bertz CT molecular complexity index is 185. The molecule has 2 nitrogen and oxygen atoms in total. The topological polar surface area (TPSA) is 18.5 Å². The van der Waals surface area contributed by atoms with E-state index in [2.05, 4.69) is 6.92 Å². The summed E-state index contributed by atoms with van der Waals surface area (Å²) in [6, 6.07) is 2.40. The van der Waals surface area contributed by atoms with E-state index in [1.54, 1.807) is 0 Å². The number of hydrogen-bond acceptors (Lipinski definition) is 2. The summed E-state index contributed by atoms with van der Waals surface area (Å²) in [5, 5.41) is 0. The van der Waals surface area contributed by atoms with Gasteiger partial charge in [-0.1, -0.05) is 58.3 Å². The van der Waals surface area contributed by atoms with Crippen LogP contribution in [0.5, 0.6) is 0 Å². The molecule has 0 atom stereocenters. The summed E-state index contributed by atoms with van der Waals surface area (Å²) >= 11 is 0. The van der Waals surface area contributed by atoms with Crippen molar-refractivity contribution in [2.75, 3.05) is 14.2 Å². The molecule has 0 N–H and O–H groups in total. The van der Waals surface area contributed by atoms with Gasteiger partial charge in [0.2, 0.25) is 0 Å². The molecule has 0 amide bonds. The molecule has 0 aliphatic heterocycles. The molecule has 0 radical (unpaired) electrons. The zero-order chi connectivity index (χ0) is 12.6. The molecule has 0 aromatic rings. The van der Waals surface area contributed by atoms with E-state index in [4.69, 9.17) is 8.85 Å². The lowest BCUT2D eigenvalue weighted by atomic mass is 10.0. The Morgan fingerprint density at radius 2 is 1.59 bits per heavy atom. The van der Waals surface area contributed by atoms with E-state index >= 15 is 0 Å². The summed E-state index contributed by atoms with van der Waals surface area (Å²) in [6.07, 6.45) is 11.0. The SMILES string of the molecule is CCCC[Si](CC1CCCCCC1)(OC)OC. The van der Waals surface area contributed by atoms with Gasteiger partial charge in [0.15, 0.2) is 0 Å². The average molecular weight is 258 g/mol. The normalized spacial score (nSPS) is 19.2. The quantitative estimate of drug-likeness (QED) is 0.495. The largest absolute Gasteiger partial charge is 0.398 e. The minimum absolute atomic E-state index is 0.862. The highest BCUT2D eigenvalue weighted by atomic mass is 28.4. The summed E-state index contributed by atoms with van der Waals surface area (Å²) in [7, 11) is 1.85. The third-order valence-electron chi connectivity index (χ3n) is 4.23. The van der Waals surface area contributed by atoms with Crippen LogP contribution in [0.4, 0.5) is 0 Å². The molecule has 102 valence electrons. The maximum atomic E-state index is 5.85. The second-order valence-electron chi connectivity index (χ2n) is 5.48. The zero-order valence-electron chi connectivity index (χ0n) is 12.0. The minimum Gasteiger partial charge on any atom is -0.398 e. The molecule has 0 unspecified atom stereocenters. The molecule has 0 spiro atoms. The first-order chi connectivity index (χ1) is 8.26. The van der Waals surface area contributed by atoms with Crippen LogP contribution in [0.2, 0.25) is 12.1 Å². The molecule has 0 bridgehead atoms. The van der Waals surface area contributed by atoms with Crippen LogP contribution < -0.4 is 0 Å². The van der Waals surface area contributed by atoms with Crippen molar-refractivity contribution in [3.8, 4) is 0 Å². The van der Waals surface area contributed by atoms with Crippen LogP contribution in [0, 0.1) is 5.92 Å². The van der Waals surface area contributed by atoms with Gasteiger partial charge in [-0.15, -0.1) is 0 Å². The Labute approximate surface area is 108 Å². The van der Waals surface area contributed by atoms with Gasteiger partial charge in [0, 0.05) is 14.2 Å². The highest BCUT2D eigenvalue weighted by Gasteiger charge is 2.37. The molecular formula is C14H30O2Si. The Balaban J connectivity index is 2.50. The Morgan fingerprint density at radius 1 is 1.00 bits per heavy atom. The predicted octanol–water partition coefficient (Wildman–Crippen LogP) is 4.49. The summed E-state index contributed by atoms with van der Waals surface area (Å²) in [4.78, 5) is 0. The molecule has 17 heavy (non-hydrogen) atoms. The second kappa shape index (κ2) is 8.28. The van der Waals surface area contributed by atoms with Gasteiger partial charge in [-0.25, -0.2) is 0 Å². The molecule has 3 heteroatoms. The van der Waals surface area contributed by atoms with E-state index in [0.717, 1.165) is 5.92 Å². The van der Waals surface area contributed by atoms with Gasteiger partial charge in [-0.2, -0.15) is 0 Å². The van der Waals surface area contributed by atoms with E-state index in [1.807, 2.05) is 14.2 Å². The summed E-state index contributed by atoms with van der Waals surface area (Å²) in [5.41, 5.74) is 0. The smallest absolute Gasteiger partial charge is 0.337 e. The van der Waals surface area contributed by atoms with Crippen LogP contribution in [0.1, 0.15) is 58.3 Å². The van der Waals surface area contributed by atoms with Crippen molar-refractivity contribution in [2.24, 2.45) is 5.92 Å². The van der Waals surface area contributed by atoms with Gasteiger partial charge in [-0.3, -0.25) is 0 Å². The van der Waals surface area contributed by atoms with Gasteiger partial charge in [0.25, 0.3) is 0 Å². The first-order valence-electron chi connectivity index (χ1n) is 7.36. The molecule has 1 saturated carbocycles. The minimum atomic E-state index is -1.87. The molecule has 1 aliphatic carbocycles. The lowest BCUT2D eigenvalue weighted by Crippen LogP contribution is -2.41. The lowest BCUT2D eigenvalue weighted by molar-refractivity contribution is 0.229. The van der Waals surface area contributed by atoms with Crippen molar-refractivity contribution in [2.45, 2.75) is 70.4 Å². The van der Waals surface area contributed by atoms with Crippen molar-refractivity contribution >= 4 is 8.56 Å². The van der Waals surface area contributed by atoms with E-state index in [-0.39, 0.29) is 0 Å². The molecular weight excluding hydrogens is 228 g/mol. The van der Waals surface area contributed by atoms with Gasteiger partial charge in [0.1, 0.15) is 0 Å². The van der Waals surface area contributed by atoms with Crippen LogP contribution in [0.25, 0.3) is 0 Å². The molecule has 1 aliphatic rings. The van der Waals surface area contributed by atoms with Gasteiger partial charge in [-0.05, 0) is 18.0 Å². The van der Waals surface area contributed by atoms with Crippen molar-refractivity contribution in [1.29, 1.82) is 0 Å². The highest BCUT2D eigenvalue weighted by molar-refractivity contribution is 6.67. The standard InChI is InChI=1S/C14H30O2Si/c1-4-5-12-17(15-2,16-3)13-14-10-8-6-7-9-11-14/h14H,4-13H2,1-3H3. The van der Waals surface area contributed by atoms with Crippen molar-refractivity contribution < 1.29 is 8.85 Å². The Hall–Kier alpha value is 0.137. The molecule has 0 heterocycles. The Kier molecular flexibility index (Phi) is 7.40. The summed E-state index contributed by atoms with van der Waals surface area (Å²) in [5.74, 6) is 0.862. The van der Waals surface area contributed by atoms with Crippen molar-refractivity contribution in [3.05, 3.63) is 0 Å². The molecule has 1 fully saturated rings. The zero-order valence-corrected chi connectivity index (χ0v) is 13.0. The van der Waals surface area contributed by atoms with Crippen molar-refractivity contribution in [3.63, 3.8) is 0 Å². The lowest BCUT2D eigenvalue weighted by Gasteiger charge is -2.31. The second-order valence-corrected chi connectivity index (χ2v) is 9.03. The van der Waals surface area contributed by atoms with Crippen LogP contribution in [-0.2, 0) is 8.85 Å². The van der Waals surface area contributed by atoms with Gasteiger partial charge >= 0.3 is 8.56 Å². The maximum Gasteiger partial charge on any atom is 0.337 e. The van der Waals surface area contributed by atoms with Crippen molar-refractivity contribution in [1.82, 2.24) is 0 Å². The fourth-order valence-electron chi connectivity index (χ4n) is 3.01. The number of unbranched alkanes of at least 4 members (excludes halogenated alkanes) is 1. The average Bonchev–Trinajstić information content (AvgIpc) is 2.63. The first-order valence-corrected chi connectivity index (χ1v) is 9.59. The van der Waals surface area contributed by atoms with E-state index in [1.165, 1.54) is 63.5 Å².